The van der Waals surface area contributed by atoms with Crippen LogP contribution in [0, 0.1) is 11.3 Å². The van der Waals surface area contributed by atoms with Crippen LogP contribution in [0.3, 0.4) is 0 Å². The van der Waals surface area contributed by atoms with Gasteiger partial charge in [-0.15, -0.1) is 0 Å². The Bertz CT molecular complexity index is 992. The fourth-order valence-electron chi connectivity index (χ4n) is 2.32. The van der Waals surface area contributed by atoms with Crippen LogP contribution in [0.1, 0.15) is 15.9 Å². The highest BCUT2D eigenvalue weighted by Crippen LogP contribution is 2.27. The Morgan fingerprint density at radius 2 is 1.81 bits per heavy atom. The number of benzene rings is 3. The lowest BCUT2D eigenvalue weighted by molar-refractivity contribution is 0.0697. The number of carboxylic acid groups (broad SMARTS) is 1. The van der Waals surface area contributed by atoms with Crippen LogP contribution in [0.4, 0.5) is 17.1 Å². The predicted molar refractivity (Wildman–Crippen MR) is 98.8 cm³/mol. The summed E-state index contributed by atoms with van der Waals surface area (Å²) in [4.78, 5) is 11.1. The van der Waals surface area contributed by atoms with Crippen molar-refractivity contribution in [2.45, 2.75) is 0 Å². The molecule has 0 aliphatic carbocycles. The van der Waals surface area contributed by atoms with Crippen LogP contribution >= 0.6 is 0 Å². The topological polar surface area (TPSA) is 108 Å². The molecule has 6 heteroatoms. The Kier molecular flexibility index (Phi) is 4.72. The van der Waals surface area contributed by atoms with Crippen LogP contribution in [0.5, 0.6) is 11.5 Å². The van der Waals surface area contributed by atoms with E-state index in [-0.39, 0.29) is 5.56 Å². The maximum Gasteiger partial charge on any atom is 0.335 e. The monoisotopic (exact) mass is 345 g/mol. The minimum Gasteiger partial charge on any atom is -0.478 e. The van der Waals surface area contributed by atoms with Gasteiger partial charge in [-0.25, -0.2) is 4.79 Å². The first-order valence-electron chi connectivity index (χ1n) is 7.73. The van der Waals surface area contributed by atoms with E-state index in [0.29, 0.717) is 28.4 Å². The summed E-state index contributed by atoms with van der Waals surface area (Å²) in [5, 5.41) is 21.1. The van der Waals surface area contributed by atoms with Gasteiger partial charge >= 0.3 is 5.97 Å². The molecule has 4 N–H and O–H groups in total. The Morgan fingerprint density at radius 1 is 1.04 bits per heavy atom. The lowest BCUT2D eigenvalue weighted by atomic mass is 10.1. The summed E-state index contributed by atoms with van der Waals surface area (Å²) in [7, 11) is 0. The maximum atomic E-state index is 11.1. The largest absolute Gasteiger partial charge is 0.478 e. The van der Waals surface area contributed by atoms with Gasteiger partial charge in [0.1, 0.15) is 11.5 Å². The van der Waals surface area contributed by atoms with Crippen molar-refractivity contribution in [1.82, 2.24) is 0 Å². The lowest BCUT2D eigenvalue weighted by Crippen LogP contribution is -2.01. The van der Waals surface area contributed by atoms with Crippen LogP contribution in [0.2, 0.25) is 0 Å². The first-order valence-corrected chi connectivity index (χ1v) is 7.73. The molecule has 6 nitrogen and oxygen atoms in total. The van der Waals surface area contributed by atoms with Crippen LogP contribution < -0.4 is 15.8 Å². The van der Waals surface area contributed by atoms with E-state index in [9.17, 15) is 4.79 Å². The van der Waals surface area contributed by atoms with Gasteiger partial charge < -0.3 is 20.9 Å². The molecule has 0 amide bonds. The molecule has 0 atom stereocenters. The third kappa shape index (κ3) is 3.91. The standard InChI is InChI=1S/C20H15N3O3/c21-12-13-2-1-3-17(10-13)26-16-7-5-15(6-8-16)23-19-11-14(20(24)25)4-9-18(19)22/h1-11,23H,22H2,(H,24,25). The molecule has 26 heavy (non-hydrogen) atoms. The molecule has 0 heterocycles. The number of carboxylic acids is 1. The van der Waals surface area contributed by atoms with E-state index in [1.807, 2.05) is 0 Å². The number of nitriles is 1. The Morgan fingerprint density at radius 3 is 2.50 bits per heavy atom. The molecule has 0 radical (unpaired) electrons. The van der Waals surface area contributed by atoms with Gasteiger partial charge in [0.15, 0.2) is 0 Å². The Labute approximate surface area is 150 Å². The molecular formula is C20H15N3O3. The number of carbonyl (C=O) groups is 1. The van der Waals surface area contributed by atoms with Crippen LogP contribution in [0.25, 0.3) is 0 Å². The van der Waals surface area contributed by atoms with Gasteiger partial charge in [0.2, 0.25) is 0 Å². The van der Waals surface area contributed by atoms with Gasteiger partial charge in [0, 0.05) is 5.69 Å². The summed E-state index contributed by atoms with van der Waals surface area (Å²) in [6, 6.07) is 20.5. The van der Waals surface area contributed by atoms with E-state index in [2.05, 4.69) is 11.4 Å². The van der Waals surface area contributed by atoms with Crippen LogP contribution in [0.15, 0.2) is 66.7 Å². The van der Waals surface area contributed by atoms with Gasteiger partial charge in [-0.05, 0) is 60.7 Å². The predicted octanol–water partition coefficient (Wildman–Crippen LogP) is 4.37. The molecule has 0 saturated heterocycles. The van der Waals surface area contributed by atoms with Gasteiger partial charge in [-0.3, -0.25) is 0 Å². The summed E-state index contributed by atoms with van der Waals surface area (Å²) < 4.78 is 5.72. The molecule has 0 aliphatic rings. The zero-order valence-electron chi connectivity index (χ0n) is 13.6. The summed E-state index contributed by atoms with van der Waals surface area (Å²) in [6.45, 7) is 0. The molecule has 0 aliphatic heterocycles. The molecule has 0 fully saturated rings. The lowest BCUT2D eigenvalue weighted by Gasteiger charge is -2.11. The molecule has 0 unspecified atom stereocenters. The average Bonchev–Trinajstić information content (AvgIpc) is 2.65. The molecular weight excluding hydrogens is 330 g/mol. The van der Waals surface area contributed by atoms with Crippen LogP contribution in [-0.4, -0.2) is 11.1 Å². The summed E-state index contributed by atoms with van der Waals surface area (Å²) in [5.41, 5.74) is 8.26. The first kappa shape index (κ1) is 16.9. The molecule has 0 spiro atoms. The number of nitrogen functional groups attached to an aromatic ring is 1. The quantitative estimate of drug-likeness (QED) is 0.592. The third-order valence-electron chi connectivity index (χ3n) is 3.63. The van der Waals surface area contributed by atoms with Crippen molar-refractivity contribution in [1.29, 1.82) is 5.26 Å². The number of rotatable bonds is 5. The van der Waals surface area contributed by atoms with E-state index in [0.717, 1.165) is 5.69 Å². The number of nitrogens with zero attached hydrogens (tertiary/aromatic N) is 1. The van der Waals surface area contributed by atoms with E-state index in [4.69, 9.17) is 20.8 Å². The SMILES string of the molecule is N#Cc1cccc(Oc2ccc(Nc3cc(C(=O)O)ccc3N)cc2)c1. The number of aromatic carboxylic acids is 1. The normalized spacial score (nSPS) is 9.96. The first-order chi connectivity index (χ1) is 12.5. The maximum absolute atomic E-state index is 11.1. The second-order valence-corrected chi connectivity index (χ2v) is 5.50. The number of ether oxygens (including phenoxy) is 1. The molecule has 0 bridgehead atoms. The fraction of sp³-hybridized carbons (Fsp3) is 0. The average molecular weight is 345 g/mol. The van der Waals surface area contributed by atoms with E-state index >= 15 is 0 Å². The number of hydrogen-bond acceptors (Lipinski definition) is 5. The molecule has 3 aromatic carbocycles. The van der Waals surface area contributed by atoms with E-state index in [1.54, 1.807) is 54.6 Å². The van der Waals surface area contributed by atoms with Crippen LogP contribution in [-0.2, 0) is 0 Å². The smallest absolute Gasteiger partial charge is 0.335 e. The molecule has 3 rings (SSSR count). The zero-order chi connectivity index (χ0) is 18.5. The van der Waals surface area contributed by atoms with Crippen molar-refractivity contribution in [2.75, 3.05) is 11.1 Å². The number of anilines is 3. The summed E-state index contributed by atoms with van der Waals surface area (Å²) >= 11 is 0. The number of nitrogens with two attached hydrogens (primary N) is 1. The van der Waals surface area contributed by atoms with Crippen molar-refractivity contribution in [2.24, 2.45) is 0 Å². The number of nitrogens with one attached hydrogen (secondary N) is 1. The minimum atomic E-state index is -1.02. The Hall–Kier alpha value is -3.98. The molecule has 0 saturated carbocycles. The third-order valence-corrected chi connectivity index (χ3v) is 3.63. The van der Waals surface area contributed by atoms with Gasteiger partial charge in [-0.1, -0.05) is 6.07 Å². The van der Waals surface area contributed by atoms with E-state index in [1.165, 1.54) is 12.1 Å². The summed E-state index contributed by atoms with van der Waals surface area (Å²) in [5.74, 6) is 0.164. The second-order valence-electron chi connectivity index (χ2n) is 5.50. The molecule has 3 aromatic rings. The fourth-order valence-corrected chi connectivity index (χ4v) is 2.32. The molecule has 0 aromatic heterocycles. The molecule has 128 valence electrons. The summed E-state index contributed by atoms with van der Waals surface area (Å²) in [6.07, 6.45) is 0. The van der Waals surface area contributed by atoms with Crippen molar-refractivity contribution in [3.8, 4) is 17.6 Å². The van der Waals surface area contributed by atoms with E-state index < -0.39 is 5.97 Å². The van der Waals surface area contributed by atoms with Crippen molar-refractivity contribution in [3.63, 3.8) is 0 Å². The van der Waals surface area contributed by atoms with Crippen molar-refractivity contribution < 1.29 is 14.6 Å². The van der Waals surface area contributed by atoms with Crippen molar-refractivity contribution >= 4 is 23.0 Å². The van der Waals surface area contributed by atoms with Crippen molar-refractivity contribution in [3.05, 3.63) is 77.9 Å². The highest BCUT2D eigenvalue weighted by molar-refractivity contribution is 5.91. The zero-order valence-corrected chi connectivity index (χ0v) is 13.6. The van der Waals surface area contributed by atoms with Gasteiger partial charge in [0.25, 0.3) is 0 Å². The highest BCUT2D eigenvalue weighted by atomic mass is 16.5. The van der Waals surface area contributed by atoms with Gasteiger partial charge in [0.05, 0.1) is 28.6 Å². The number of hydrogen-bond donors (Lipinski definition) is 3. The second kappa shape index (κ2) is 7.28. The Balaban J connectivity index is 1.75. The highest BCUT2D eigenvalue weighted by Gasteiger charge is 2.07. The minimum absolute atomic E-state index is 0.152. The van der Waals surface area contributed by atoms with Gasteiger partial charge in [-0.2, -0.15) is 5.26 Å².